The van der Waals surface area contributed by atoms with E-state index in [1.807, 2.05) is 43.1 Å². The van der Waals surface area contributed by atoms with Crippen molar-refractivity contribution in [2.24, 2.45) is 0 Å². The zero-order chi connectivity index (χ0) is 11.5. The zero-order valence-electron chi connectivity index (χ0n) is 9.03. The Morgan fingerprint density at radius 3 is 2.88 bits per heavy atom. The van der Waals surface area contributed by atoms with Crippen molar-refractivity contribution in [3.8, 4) is 5.69 Å². The summed E-state index contributed by atoms with van der Waals surface area (Å²) in [6.45, 7) is 1.89. The smallest absolute Gasteiger partial charge is 0.143 e. The summed E-state index contributed by atoms with van der Waals surface area (Å²) in [6.07, 6.45) is 1.56. The van der Waals surface area contributed by atoms with Gasteiger partial charge in [0.2, 0.25) is 0 Å². The summed E-state index contributed by atoms with van der Waals surface area (Å²) < 4.78 is 1.61. The van der Waals surface area contributed by atoms with E-state index in [0.717, 1.165) is 16.4 Å². The molecule has 0 aliphatic carbocycles. The van der Waals surface area contributed by atoms with E-state index in [-0.39, 0.29) is 0 Å². The van der Waals surface area contributed by atoms with Crippen LogP contribution in [0.1, 0.15) is 6.92 Å². The van der Waals surface area contributed by atoms with Gasteiger partial charge in [-0.3, -0.25) is 0 Å². The summed E-state index contributed by atoms with van der Waals surface area (Å²) in [5, 5.41) is 11.0. The molecular formula is C10H11N5S. The van der Waals surface area contributed by atoms with Crippen LogP contribution in [0.25, 0.3) is 5.69 Å². The van der Waals surface area contributed by atoms with Crippen LogP contribution in [0, 0.1) is 0 Å². The van der Waals surface area contributed by atoms with Crippen molar-refractivity contribution < 1.29 is 0 Å². The minimum absolute atomic E-state index is 0.814. The fourth-order valence-electron chi connectivity index (χ4n) is 1.31. The second kappa shape index (κ2) is 4.36. The Hall–Kier alpha value is -1.82. The van der Waals surface area contributed by atoms with E-state index in [0.29, 0.717) is 0 Å². The highest BCUT2D eigenvalue weighted by molar-refractivity contribution is 7.80. The van der Waals surface area contributed by atoms with Crippen molar-refractivity contribution in [1.29, 1.82) is 0 Å². The maximum absolute atomic E-state index is 5.12. The summed E-state index contributed by atoms with van der Waals surface area (Å²) in [4.78, 5) is 2.75. The van der Waals surface area contributed by atoms with Crippen molar-refractivity contribution in [2.75, 3.05) is 11.9 Å². The average Bonchev–Trinajstić information content (AvgIpc) is 2.81. The lowest BCUT2D eigenvalue weighted by molar-refractivity contribution is 0.789. The van der Waals surface area contributed by atoms with Gasteiger partial charge in [0, 0.05) is 12.7 Å². The van der Waals surface area contributed by atoms with Gasteiger partial charge >= 0.3 is 0 Å². The maximum Gasteiger partial charge on any atom is 0.143 e. The molecule has 0 amide bonds. The van der Waals surface area contributed by atoms with Crippen LogP contribution < -0.4 is 4.90 Å². The maximum atomic E-state index is 5.12. The molecule has 0 N–H and O–H groups in total. The Kier molecular flexibility index (Phi) is 2.91. The lowest BCUT2D eigenvalue weighted by Crippen LogP contribution is -2.21. The van der Waals surface area contributed by atoms with Crippen LogP contribution in [0.3, 0.4) is 0 Å². The molecule has 16 heavy (non-hydrogen) atoms. The van der Waals surface area contributed by atoms with Gasteiger partial charge in [-0.1, -0.05) is 18.3 Å². The standard InChI is InChI=1S/C10H11N5S/c1-8(16)14(2)9-4-3-5-10(6-9)15-7-11-12-13-15/h3-7H,1-2H3. The van der Waals surface area contributed by atoms with Crippen LogP contribution >= 0.6 is 12.2 Å². The summed E-state index contributed by atoms with van der Waals surface area (Å²) in [5.41, 5.74) is 1.92. The molecule has 0 bridgehead atoms. The van der Waals surface area contributed by atoms with Crippen LogP contribution in [-0.4, -0.2) is 32.2 Å². The second-order valence-electron chi connectivity index (χ2n) is 3.35. The van der Waals surface area contributed by atoms with Crippen LogP contribution in [0.5, 0.6) is 0 Å². The Balaban J connectivity index is 2.37. The van der Waals surface area contributed by atoms with E-state index in [2.05, 4.69) is 15.5 Å². The van der Waals surface area contributed by atoms with Gasteiger partial charge in [0.15, 0.2) is 0 Å². The van der Waals surface area contributed by atoms with Crippen molar-refractivity contribution in [1.82, 2.24) is 20.2 Å². The second-order valence-corrected chi connectivity index (χ2v) is 3.94. The molecule has 0 fully saturated rings. The number of hydrogen-bond donors (Lipinski definition) is 0. The Bertz CT molecular complexity index is 494. The molecule has 1 aromatic heterocycles. The minimum Gasteiger partial charge on any atom is -0.339 e. The number of thiocarbonyl (C=S) groups is 1. The molecule has 0 unspecified atom stereocenters. The normalized spacial score (nSPS) is 10.1. The zero-order valence-corrected chi connectivity index (χ0v) is 9.85. The Morgan fingerprint density at radius 1 is 1.44 bits per heavy atom. The third kappa shape index (κ3) is 2.06. The molecule has 2 aromatic rings. The Labute approximate surface area is 98.7 Å². The average molecular weight is 233 g/mol. The van der Waals surface area contributed by atoms with Crippen LogP contribution in [0.4, 0.5) is 5.69 Å². The van der Waals surface area contributed by atoms with E-state index in [9.17, 15) is 0 Å². The molecule has 6 heteroatoms. The van der Waals surface area contributed by atoms with Gasteiger partial charge in [0.25, 0.3) is 0 Å². The number of benzene rings is 1. The summed E-state index contributed by atoms with van der Waals surface area (Å²) in [6, 6.07) is 7.85. The lowest BCUT2D eigenvalue weighted by Gasteiger charge is -2.17. The number of aromatic nitrogens is 4. The molecule has 1 heterocycles. The van der Waals surface area contributed by atoms with Crippen LogP contribution in [0.2, 0.25) is 0 Å². The quantitative estimate of drug-likeness (QED) is 0.735. The fourth-order valence-corrected chi connectivity index (χ4v) is 1.41. The van der Waals surface area contributed by atoms with E-state index in [1.165, 1.54) is 0 Å². The molecule has 0 spiro atoms. The topological polar surface area (TPSA) is 46.8 Å². The molecular weight excluding hydrogens is 222 g/mol. The lowest BCUT2D eigenvalue weighted by atomic mass is 10.2. The van der Waals surface area contributed by atoms with Gasteiger partial charge in [0.1, 0.15) is 6.33 Å². The first-order chi connectivity index (χ1) is 7.68. The van der Waals surface area contributed by atoms with E-state index in [4.69, 9.17) is 12.2 Å². The van der Waals surface area contributed by atoms with Crippen molar-refractivity contribution in [3.05, 3.63) is 30.6 Å². The number of rotatable bonds is 2. The first-order valence-electron chi connectivity index (χ1n) is 4.76. The highest BCUT2D eigenvalue weighted by Gasteiger charge is 2.04. The highest BCUT2D eigenvalue weighted by Crippen LogP contribution is 2.17. The van der Waals surface area contributed by atoms with Crippen molar-refractivity contribution in [2.45, 2.75) is 6.92 Å². The number of anilines is 1. The molecule has 0 aliphatic heterocycles. The summed E-state index contributed by atoms with van der Waals surface area (Å²) >= 11 is 5.12. The fraction of sp³-hybridized carbons (Fsp3) is 0.200. The highest BCUT2D eigenvalue weighted by atomic mass is 32.1. The van der Waals surface area contributed by atoms with E-state index >= 15 is 0 Å². The summed E-state index contributed by atoms with van der Waals surface area (Å²) in [5.74, 6) is 0. The monoisotopic (exact) mass is 233 g/mol. The summed E-state index contributed by atoms with van der Waals surface area (Å²) in [7, 11) is 1.93. The van der Waals surface area contributed by atoms with E-state index in [1.54, 1.807) is 11.0 Å². The van der Waals surface area contributed by atoms with Gasteiger partial charge < -0.3 is 4.90 Å². The number of nitrogens with zero attached hydrogens (tertiary/aromatic N) is 5. The third-order valence-corrected chi connectivity index (χ3v) is 2.58. The van der Waals surface area contributed by atoms with E-state index < -0.39 is 0 Å². The molecule has 0 saturated heterocycles. The first-order valence-corrected chi connectivity index (χ1v) is 5.17. The largest absolute Gasteiger partial charge is 0.339 e. The molecule has 1 aromatic carbocycles. The molecule has 82 valence electrons. The molecule has 0 aliphatic rings. The SMILES string of the molecule is CC(=S)N(C)c1cccc(-n2cnnn2)c1. The molecule has 5 nitrogen and oxygen atoms in total. The van der Waals surface area contributed by atoms with Crippen molar-refractivity contribution in [3.63, 3.8) is 0 Å². The predicted molar refractivity (Wildman–Crippen MR) is 65.8 cm³/mol. The minimum atomic E-state index is 0.814. The van der Waals surface area contributed by atoms with Crippen LogP contribution in [0.15, 0.2) is 30.6 Å². The number of hydrogen-bond acceptors (Lipinski definition) is 4. The van der Waals surface area contributed by atoms with Gasteiger partial charge in [-0.05, 0) is 35.5 Å². The Morgan fingerprint density at radius 2 is 2.25 bits per heavy atom. The predicted octanol–water partition coefficient (Wildman–Crippen LogP) is 1.45. The van der Waals surface area contributed by atoms with Gasteiger partial charge in [-0.25, -0.2) is 4.68 Å². The molecule has 2 rings (SSSR count). The molecule has 0 radical (unpaired) electrons. The van der Waals surface area contributed by atoms with Gasteiger partial charge in [-0.15, -0.1) is 5.10 Å². The van der Waals surface area contributed by atoms with Gasteiger partial charge in [0.05, 0.1) is 10.7 Å². The molecule has 0 atom stereocenters. The molecule has 0 saturated carbocycles. The first kappa shape index (κ1) is 10.7. The third-order valence-electron chi connectivity index (χ3n) is 2.30. The van der Waals surface area contributed by atoms with Crippen LogP contribution in [-0.2, 0) is 0 Å². The number of tetrazole rings is 1. The van der Waals surface area contributed by atoms with Gasteiger partial charge in [-0.2, -0.15) is 0 Å². The van der Waals surface area contributed by atoms with Crippen molar-refractivity contribution >= 4 is 22.9 Å².